The highest BCUT2D eigenvalue weighted by molar-refractivity contribution is 6.30. The minimum atomic E-state index is -0.0250. The Balaban J connectivity index is 1.94. The van der Waals surface area contributed by atoms with Gasteiger partial charge in [-0.1, -0.05) is 23.7 Å². The van der Waals surface area contributed by atoms with Gasteiger partial charge in [0, 0.05) is 23.3 Å². The van der Waals surface area contributed by atoms with Gasteiger partial charge in [-0.2, -0.15) is 0 Å². The van der Waals surface area contributed by atoms with Crippen LogP contribution in [0.3, 0.4) is 0 Å². The van der Waals surface area contributed by atoms with Crippen molar-refractivity contribution < 1.29 is 4.79 Å². The van der Waals surface area contributed by atoms with Gasteiger partial charge < -0.3 is 10.2 Å². The van der Waals surface area contributed by atoms with E-state index < -0.39 is 0 Å². The molecule has 1 aliphatic rings. The second kappa shape index (κ2) is 6.80. The van der Waals surface area contributed by atoms with Crippen molar-refractivity contribution >= 4 is 23.7 Å². The van der Waals surface area contributed by atoms with E-state index in [4.69, 9.17) is 11.6 Å². The molecule has 0 radical (unpaired) electrons. The summed E-state index contributed by atoms with van der Waals surface area (Å²) in [5, 5.41) is 3.54. The van der Waals surface area contributed by atoms with Crippen LogP contribution in [0.1, 0.15) is 38.7 Å². The summed E-state index contributed by atoms with van der Waals surface area (Å²) in [7, 11) is 0. The number of likely N-dealkylation sites (tertiary alicyclic amines) is 1. The molecule has 0 aliphatic carbocycles. The summed E-state index contributed by atoms with van der Waals surface area (Å²) >= 11 is 5.92. The average molecular weight is 293 g/mol. The highest BCUT2D eigenvalue weighted by atomic mass is 35.5. The van der Waals surface area contributed by atoms with E-state index in [9.17, 15) is 4.79 Å². The minimum Gasteiger partial charge on any atom is -0.319 e. The van der Waals surface area contributed by atoms with E-state index in [1.165, 1.54) is 6.42 Å². The fourth-order valence-corrected chi connectivity index (χ4v) is 2.91. The molecule has 1 aliphatic heterocycles. The molecule has 4 heteroatoms. The molecule has 0 saturated carbocycles. The van der Waals surface area contributed by atoms with Crippen molar-refractivity contribution in [3.05, 3.63) is 41.1 Å². The summed E-state index contributed by atoms with van der Waals surface area (Å²) in [5.41, 5.74) is 0.970. The van der Waals surface area contributed by atoms with Crippen molar-refractivity contribution in [2.45, 2.75) is 45.2 Å². The number of amides is 2. The largest absolute Gasteiger partial charge is 0.321 e. The highest BCUT2D eigenvalue weighted by Crippen LogP contribution is 2.22. The maximum absolute atomic E-state index is 12.2. The molecule has 1 saturated heterocycles. The topological polar surface area (TPSA) is 32.3 Å². The van der Waals surface area contributed by atoms with Crippen LogP contribution in [0, 0.1) is 0 Å². The van der Waals surface area contributed by atoms with Gasteiger partial charge in [-0.25, -0.2) is 4.79 Å². The smallest absolute Gasteiger partial charge is 0.319 e. The van der Waals surface area contributed by atoms with Crippen LogP contribution < -0.4 is 5.32 Å². The van der Waals surface area contributed by atoms with Crippen LogP contribution in [0.15, 0.2) is 30.5 Å². The number of nitrogens with one attached hydrogen (secondary N) is 1. The first-order chi connectivity index (χ1) is 9.58. The number of urea groups is 1. The van der Waals surface area contributed by atoms with Crippen molar-refractivity contribution in [3.8, 4) is 0 Å². The summed E-state index contributed by atoms with van der Waals surface area (Å²) < 4.78 is 0. The summed E-state index contributed by atoms with van der Waals surface area (Å²) in [5.74, 6) is 0. The maximum atomic E-state index is 12.2. The Hall–Kier alpha value is -1.48. The quantitative estimate of drug-likeness (QED) is 0.867. The average Bonchev–Trinajstić information content (AvgIpc) is 2.38. The summed E-state index contributed by atoms with van der Waals surface area (Å²) in [6.45, 7) is 4.21. The van der Waals surface area contributed by atoms with Gasteiger partial charge in [-0.3, -0.25) is 0 Å². The molecule has 1 heterocycles. The van der Waals surface area contributed by atoms with Gasteiger partial charge in [-0.15, -0.1) is 0 Å². The summed E-state index contributed by atoms with van der Waals surface area (Å²) in [6, 6.07) is 8.10. The van der Waals surface area contributed by atoms with Crippen LogP contribution in [0.25, 0.3) is 6.08 Å². The third kappa shape index (κ3) is 3.76. The SMILES string of the molecule is CC1CCCC(C)N1C(=O)N/C=C/c1cccc(Cl)c1. The molecule has 0 bridgehead atoms. The van der Waals surface area contributed by atoms with Gasteiger partial charge in [0.05, 0.1) is 0 Å². The fourth-order valence-electron chi connectivity index (χ4n) is 2.72. The molecule has 0 spiro atoms. The number of carbonyl (C=O) groups excluding carboxylic acids is 1. The van der Waals surface area contributed by atoms with E-state index in [0.717, 1.165) is 18.4 Å². The Kier molecular flexibility index (Phi) is 5.07. The Bertz CT molecular complexity index is 491. The number of carbonyl (C=O) groups is 1. The van der Waals surface area contributed by atoms with Crippen molar-refractivity contribution in [2.75, 3.05) is 0 Å². The molecule has 1 aromatic carbocycles. The van der Waals surface area contributed by atoms with Crippen LogP contribution >= 0.6 is 11.6 Å². The Morgan fingerprint density at radius 3 is 2.70 bits per heavy atom. The van der Waals surface area contributed by atoms with Crippen molar-refractivity contribution in [3.63, 3.8) is 0 Å². The van der Waals surface area contributed by atoms with Gasteiger partial charge in [0.1, 0.15) is 0 Å². The van der Waals surface area contributed by atoms with Gasteiger partial charge in [0.25, 0.3) is 0 Å². The molecule has 108 valence electrons. The first-order valence-corrected chi connectivity index (χ1v) is 7.46. The second-order valence-electron chi connectivity index (χ2n) is 5.37. The minimum absolute atomic E-state index is 0.0250. The lowest BCUT2D eigenvalue weighted by Crippen LogP contribution is -2.50. The van der Waals surface area contributed by atoms with Crippen LogP contribution in [0.4, 0.5) is 4.79 Å². The van der Waals surface area contributed by atoms with Gasteiger partial charge >= 0.3 is 6.03 Å². The normalized spacial score (nSPS) is 23.1. The van der Waals surface area contributed by atoms with Gasteiger partial charge in [0.2, 0.25) is 0 Å². The standard InChI is InChI=1S/C16H21ClN2O/c1-12-5-3-6-13(2)19(12)16(20)18-10-9-14-7-4-8-15(17)11-14/h4,7-13H,3,5-6H2,1-2H3,(H,18,20)/b10-9+. The Morgan fingerprint density at radius 2 is 2.05 bits per heavy atom. The lowest BCUT2D eigenvalue weighted by atomic mass is 9.98. The molecule has 0 aromatic heterocycles. The number of benzene rings is 1. The molecular formula is C16H21ClN2O. The monoisotopic (exact) mass is 292 g/mol. The Morgan fingerprint density at radius 1 is 1.35 bits per heavy atom. The molecule has 1 N–H and O–H groups in total. The zero-order valence-corrected chi connectivity index (χ0v) is 12.7. The molecule has 2 atom stereocenters. The number of hydrogen-bond donors (Lipinski definition) is 1. The van der Waals surface area contributed by atoms with Crippen LogP contribution in [-0.2, 0) is 0 Å². The zero-order valence-electron chi connectivity index (χ0n) is 12.0. The number of nitrogens with zero attached hydrogens (tertiary/aromatic N) is 1. The van der Waals surface area contributed by atoms with Gasteiger partial charge in [0.15, 0.2) is 0 Å². The number of halogens is 1. The van der Waals surface area contributed by atoms with Crippen LogP contribution in [0.5, 0.6) is 0 Å². The molecule has 1 aromatic rings. The molecular weight excluding hydrogens is 272 g/mol. The van der Waals surface area contributed by atoms with E-state index in [1.807, 2.05) is 35.2 Å². The summed E-state index contributed by atoms with van der Waals surface area (Å²) in [4.78, 5) is 14.1. The highest BCUT2D eigenvalue weighted by Gasteiger charge is 2.28. The fraction of sp³-hybridized carbons (Fsp3) is 0.438. The molecule has 20 heavy (non-hydrogen) atoms. The lowest BCUT2D eigenvalue weighted by molar-refractivity contribution is 0.126. The number of hydrogen-bond acceptors (Lipinski definition) is 1. The molecule has 2 rings (SSSR count). The summed E-state index contributed by atoms with van der Waals surface area (Å²) in [6.07, 6.45) is 6.89. The zero-order chi connectivity index (χ0) is 14.5. The van der Waals surface area contributed by atoms with Crippen molar-refractivity contribution in [1.82, 2.24) is 10.2 Å². The van der Waals surface area contributed by atoms with E-state index in [-0.39, 0.29) is 6.03 Å². The Labute approximate surface area is 125 Å². The molecule has 1 fully saturated rings. The lowest BCUT2D eigenvalue weighted by Gasteiger charge is -2.38. The van der Waals surface area contributed by atoms with Crippen LogP contribution in [0.2, 0.25) is 5.02 Å². The van der Waals surface area contributed by atoms with E-state index in [0.29, 0.717) is 17.1 Å². The van der Waals surface area contributed by atoms with E-state index >= 15 is 0 Å². The van der Waals surface area contributed by atoms with Crippen molar-refractivity contribution in [1.29, 1.82) is 0 Å². The first-order valence-electron chi connectivity index (χ1n) is 7.09. The van der Waals surface area contributed by atoms with Gasteiger partial charge in [-0.05, 0) is 56.9 Å². The van der Waals surface area contributed by atoms with Crippen molar-refractivity contribution in [2.24, 2.45) is 0 Å². The van der Waals surface area contributed by atoms with E-state index in [2.05, 4.69) is 19.2 Å². The number of rotatable bonds is 2. The third-order valence-corrected chi connectivity index (χ3v) is 3.99. The molecule has 2 amide bonds. The van der Waals surface area contributed by atoms with Crippen LogP contribution in [-0.4, -0.2) is 23.0 Å². The molecule has 2 unspecified atom stereocenters. The maximum Gasteiger partial charge on any atom is 0.321 e. The second-order valence-corrected chi connectivity index (χ2v) is 5.81. The predicted molar refractivity (Wildman–Crippen MR) is 83.6 cm³/mol. The number of piperidine rings is 1. The molecule has 3 nitrogen and oxygen atoms in total. The van der Waals surface area contributed by atoms with E-state index in [1.54, 1.807) is 6.20 Å². The first kappa shape index (κ1) is 14.9. The third-order valence-electron chi connectivity index (χ3n) is 3.76. The predicted octanol–water partition coefficient (Wildman–Crippen LogP) is 4.28.